The molecule has 2 heterocycles. The topological polar surface area (TPSA) is 102 Å². The van der Waals surface area contributed by atoms with E-state index in [-0.39, 0.29) is 18.2 Å². The van der Waals surface area contributed by atoms with Crippen molar-refractivity contribution in [1.82, 2.24) is 9.55 Å². The van der Waals surface area contributed by atoms with E-state index in [1.807, 2.05) is 0 Å². The smallest absolute Gasteiger partial charge is 0.328 e. The number of amides is 1. The Morgan fingerprint density at radius 1 is 1.36 bits per heavy atom. The maximum Gasteiger partial charge on any atom is 0.328 e. The first kappa shape index (κ1) is 17.0. The molecule has 1 aliphatic heterocycles. The zero-order chi connectivity index (χ0) is 17.8. The van der Waals surface area contributed by atoms with Gasteiger partial charge >= 0.3 is 5.69 Å². The van der Waals surface area contributed by atoms with Crippen molar-refractivity contribution < 1.29 is 14.3 Å². The van der Waals surface area contributed by atoms with Gasteiger partial charge in [0.2, 0.25) is 0 Å². The van der Waals surface area contributed by atoms with Crippen LogP contribution in [0.5, 0.6) is 5.75 Å². The Hall–Kier alpha value is -2.87. The first-order valence-corrected chi connectivity index (χ1v) is 7.98. The van der Waals surface area contributed by atoms with E-state index in [9.17, 15) is 14.4 Å². The summed E-state index contributed by atoms with van der Waals surface area (Å²) in [6.45, 7) is 0.757. The maximum absolute atomic E-state index is 12.5. The number of rotatable bonds is 5. The molecule has 0 radical (unpaired) electrons. The third kappa shape index (κ3) is 3.80. The van der Waals surface area contributed by atoms with Gasteiger partial charge in [-0.15, -0.1) is 0 Å². The second kappa shape index (κ2) is 7.35. The van der Waals surface area contributed by atoms with Gasteiger partial charge in [0.05, 0.1) is 19.8 Å². The van der Waals surface area contributed by atoms with Crippen LogP contribution in [0.15, 0.2) is 40.1 Å². The zero-order valence-electron chi connectivity index (χ0n) is 13.8. The van der Waals surface area contributed by atoms with E-state index >= 15 is 0 Å². The molecule has 2 aromatic rings. The van der Waals surface area contributed by atoms with E-state index in [4.69, 9.17) is 9.47 Å². The summed E-state index contributed by atoms with van der Waals surface area (Å²) in [4.78, 5) is 39.3. The highest BCUT2D eigenvalue weighted by atomic mass is 16.5. The summed E-state index contributed by atoms with van der Waals surface area (Å²) in [5, 5.41) is 2.63. The fraction of sp³-hybridized carbons (Fsp3) is 0.353. The molecule has 2 N–H and O–H groups in total. The van der Waals surface area contributed by atoms with Crippen molar-refractivity contribution in [3.8, 4) is 5.75 Å². The fourth-order valence-electron chi connectivity index (χ4n) is 2.70. The van der Waals surface area contributed by atoms with Crippen LogP contribution in [-0.2, 0) is 11.3 Å². The van der Waals surface area contributed by atoms with Crippen molar-refractivity contribution in [1.29, 1.82) is 0 Å². The average Bonchev–Trinajstić information content (AvgIpc) is 3.12. The number of carbonyl (C=O) groups excluding carboxylic acids is 1. The molecule has 3 rings (SSSR count). The molecule has 1 aromatic carbocycles. The number of anilines is 1. The van der Waals surface area contributed by atoms with E-state index in [1.54, 1.807) is 31.4 Å². The van der Waals surface area contributed by atoms with E-state index in [1.165, 1.54) is 0 Å². The molecule has 132 valence electrons. The van der Waals surface area contributed by atoms with Crippen LogP contribution in [0.2, 0.25) is 0 Å². The summed E-state index contributed by atoms with van der Waals surface area (Å²) >= 11 is 0. The van der Waals surface area contributed by atoms with Gasteiger partial charge in [-0.25, -0.2) is 4.79 Å². The number of aromatic amines is 1. The lowest BCUT2D eigenvalue weighted by molar-refractivity contribution is 0.0941. The highest BCUT2D eigenvalue weighted by molar-refractivity contribution is 6.03. The molecular weight excluding hydrogens is 326 g/mol. The minimum Gasteiger partial charge on any atom is -0.497 e. The number of ether oxygens (including phenoxy) is 2. The van der Waals surface area contributed by atoms with Gasteiger partial charge in [0.25, 0.3) is 11.5 Å². The average molecular weight is 345 g/mol. The number of nitrogens with zero attached hydrogens (tertiary/aromatic N) is 1. The summed E-state index contributed by atoms with van der Waals surface area (Å²) in [5.41, 5.74) is -0.803. The van der Waals surface area contributed by atoms with E-state index < -0.39 is 17.2 Å². The van der Waals surface area contributed by atoms with Crippen molar-refractivity contribution in [2.75, 3.05) is 19.0 Å². The van der Waals surface area contributed by atoms with Crippen molar-refractivity contribution in [3.63, 3.8) is 0 Å². The minimum absolute atomic E-state index is 0.131. The number of carbonyl (C=O) groups is 1. The molecule has 25 heavy (non-hydrogen) atoms. The van der Waals surface area contributed by atoms with Gasteiger partial charge in [-0.05, 0) is 37.1 Å². The molecule has 1 fully saturated rings. The normalized spacial score (nSPS) is 16.6. The molecule has 0 bridgehead atoms. The van der Waals surface area contributed by atoms with Gasteiger partial charge in [0.15, 0.2) is 0 Å². The van der Waals surface area contributed by atoms with E-state index in [0.717, 1.165) is 23.6 Å². The predicted molar refractivity (Wildman–Crippen MR) is 91.2 cm³/mol. The number of methoxy groups -OCH3 is 1. The van der Waals surface area contributed by atoms with Crippen LogP contribution in [0.25, 0.3) is 0 Å². The van der Waals surface area contributed by atoms with Gasteiger partial charge < -0.3 is 19.8 Å². The number of hydrogen-bond donors (Lipinski definition) is 2. The Morgan fingerprint density at radius 3 is 2.76 bits per heavy atom. The largest absolute Gasteiger partial charge is 0.497 e. The van der Waals surface area contributed by atoms with Crippen molar-refractivity contribution in [3.05, 3.63) is 56.9 Å². The molecular formula is C17H19N3O5. The summed E-state index contributed by atoms with van der Waals surface area (Å²) in [5.74, 6) is 0.0634. The van der Waals surface area contributed by atoms with Gasteiger partial charge in [-0.2, -0.15) is 0 Å². The van der Waals surface area contributed by atoms with Crippen LogP contribution in [0.1, 0.15) is 23.2 Å². The van der Waals surface area contributed by atoms with Gasteiger partial charge in [-0.3, -0.25) is 14.2 Å². The molecule has 1 saturated heterocycles. The quantitative estimate of drug-likeness (QED) is 0.841. The first-order chi connectivity index (χ1) is 12.1. The molecule has 8 nitrogen and oxygen atoms in total. The Kier molecular flexibility index (Phi) is 4.99. The van der Waals surface area contributed by atoms with Gasteiger partial charge in [-0.1, -0.05) is 0 Å². The Morgan fingerprint density at radius 2 is 2.12 bits per heavy atom. The summed E-state index contributed by atoms with van der Waals surface area (Å²) in [6, 6.07) is 6.71. The highest BCUT2D eigenvalue weighted by Gasteiger charge is 2.20. The lowest BCUT2D eigenvalue weighted by Gasteiger charge is -2.12. The minimum atomic E-state index is -0.634. The summed E-state index contributed by atoms with van der Waals surface area (Å²) in [7, 11) is 1.55. The van der Waals surface area contributed by atoms with E-state index in [0.29, 0.717) is 18.0 Å². The molecule has 0 saturated carbocycles. The number of benzene rings is 1. The summed E-state index contributed by atoms with van der Waals surface area (Å²) in [6.07, 6.45) is 2.64. The van der Waals surface area contributed by atoms with Crippen LogP contribution in [-0.4, -0.2) is 35.3 Å². The third-order valence-corrected chi connectivity index (χ3v) is 4.06. The van der Waals surface area contributed by atoms with Crippen molar-refractivity contribution >= 4 is 11.6 Å². The first-order valence-electron chi connectivity index (χ1n) is 7.98. The zero-order valence-corrected chi connectivity index (χ0v) is 13.8. The number of aromatic nitrogens is 2. The van der Waals surface area contributed by atoms with Gasteiger partial charge in [0.1, 0.15) is 11.3 Å². The van der Waals surface area contributed by atoms with Crippen molar-refractivity contribution in [2.45, 2.75) is 25.5 Å². The van der Waals surface area contributed by atoms with Gasteiger partial charge in [0, 0.05) is 18.5 Å². The van der Waals surface area contributed by atoms with Crippen LogP contribution < -0.4 is 21.3 Å². The molecule has 1 aliphatic rings. The molecule has 1 amide bonds. The summed E-state index contributed by atoms with van der Waals surface area (Å²) < 4.78 is 11.5. The highest BCUT2D eigenvalue weighted by Crippen LogP contribution is 2.15. The number of H-pyrrole nitrogens is 1. The second-order valence-electron chi connectivity index (χ2n) is 5.74. The lowest BCUT2D eigenvalue weighted by Crippen LogP contribution is -2.41. The van der Waals surface area contributed by atoms with Crippen LogP contribution in [0.4, 0.5) is 5.69 Å². The van der Waals surface area contributed by atoms with Crippen LogP contribution >= 0.6 is 0 Å². The maximum atomic E-state index is 12.5. The SMILES string of the molecule is COc1ccc(NC(=O)c2c[nH]c(=O)n(CC3CCCO3)c2=O)cc1. The molecule has 1 aromatic heterocycles. The molecule has 8 heteroatoms. The Bertz CT molecular complexity index is 863. The monoisotopic (exact) mass is 345 g/mol. The Labute approximate surface area is 143 Å². The molecule has 1 unspecified atom stereocenters. The number of nitrogens with one attached hydrogen (secondary N) is 2. The predicted octanol–water partition coefficient (Wildman–Crippen LogP) is 0.976. The molecule has 0 spiro atoms. The van der Waals surface area contributed by atoms with Crippen LogP contribution in [0, 0.1) is 0 Å². The number of hydrogen-bond acceptors (Lipinski definition) is 5. The Balaban J connectivity index is 1.82. The van der Waals surface area contributed by atoms with Crippen LogP contribution in [0.3, 0.4) is 0 Å². The lowest BCUT2D eigenvalue weighted by atomic mass is 10.2. The third-order valence-electron chi connectivity index (χ3n) is 4.06. The fourth-order valence-corrected chi connectivity index (χ4v) is 2.70. The van der Waals surface area contributed by atoms with Crippen molar-refractivity contribution in [2.24, 2.45) is 0 Å². The molecule has 0 aliphatic carbocycles. The molecule has 1 atom stereocenters. The van der Waals surface area contributed by atoms with E-state index in [2.05, 4.69) is 10.3 Å². The standard InChI is InChI=1S/C17H19N3O5/c1-24-12-6-4-11(5-7-12)19-15(21)14-9-18-17(23)20(16(14)22)10-13-3-2-8-25-13/h4-7,9,13H,2-3,8,10H2,1H3,(H,18,23)(H,19,21). The second-order valence-corrected chi connectivity index (χ2v) is 5.74.